The molecular weight excluding hydrogens is 198 g/mol. The van der Waals surface area contributed by atoms with Crippen LogP contribution in [-0.4, -0.2) is 37.6 Å². The van der Waals surface area contributed by atoms with Crippen LogP contribution < -0.4 is 5.32 Å². The summed E-state index contributed by atoms with van der Waals surface area (Å²) in [6.07, 6.45) is 5.77. The molecule has 1 N–H and O–H groups in total. The molecule has 0 saturated heterocycles. The third-order valence-electron chi connectivity index (χ3n) is 3.16. The molecule has 0 spiro atoms. The van der Waals surface area contributed by atoms with Crippen molar-refractivity contribution in [2.45, 2.75) is 51.5 Å². The Morgan fingerprint density at radius 2 is 1.88 bits per heavy atom. The second kappa shape index (κ2) is 8.55. The van der Waals surface area contributed by atoms with Gasteiger partial charge in [0.25, 0.3) is 0 Å². The summed E-state index contributed by atoms with van der Waals surface area (Å²) in [5.74, 6) is 0. The number of nitriles is 1. The number of nitrogens with zero attached hydrogens (tertiary/aromatic N) is 2. The van der Waals surface area contributed by atoms with Gasteiger partial charge in [0.1, 0.15) is 5.54 Å². The van der Waals surface area contributed by atoms with E-state index in [9.17, 15) is 0 Å². The molecule has 94 valence electrons. The van der Waals surface area contributed by atoms with Crippen molar-refractivity contribution in [3.05, 3.63) is 0 Å². The van der Waals surface area contributed by atoms with E-state index in [0.29, 0.717) is 0 Å². The van der Waals surface area contributed by atoms with Crippen molar-refractivity contribution >= 4 is 0 Å². The predicted molar refractivity (Wildman–Crippen MR) is 69.3 cm³/mol. The molecule has 1 atom stereocenters. The van der Waals surface area contributed by atoms with Crippen LogP contribution in [0, 0.1) is 11.3 Å². The largest absolute Gasteiger partial charge is 0.306 e. The first-order valence-corrected chi connectivity index (χ1v) is 6.36. The number of hydrogen-bond donors (Lipinski definition) is 1. The van der Waals surface area contributed by atoms with Crippen LogP contribution in [0.2, 0.25) is 0 Å². The quantitative estimate of drug-likeness (QED) is 0.612. The Kier molecular flexibility index (Phi) is 8.23. The predicted octanol–water partition coefficient (Wildman–Crippen LogP) is 2.39. The highest BCUT2D eigenvalue weighted by molar-refractivity contribution is 5.02. The molecule has 0 aliphatic rings. The van der Waals surface area contributed by atoms with E-state index in [1.54, 1.807) is 0 Å². The molecule has 0 bridgehead atoms. The summed E-state index contributed by atoms with van der Waals surface area (Å²) in [6, 6.07) is 2.33. The zero-order chi connectivity index (χ0) is 12.4. The van der Waals surface area contributed by atoms with Gasteiger partial charge in [-0.15, -0.1) is 0 Å². The van der Waals surface area contributed by atoms with Crippen LogP contribution in [0.5, 0.6) is 0 Å². The minimum Gasteiger partial charge on any atom is -0.306 e. The van der Waals surface area contributed by atoms with E-state index in [0.717, 1.165) is 19.4 Å². The van der Waals surface area contributed by atoms with Crippen molar-refractivity contribution in [1.82, 2.24) is 10.2 Å². The van der Waals surface area contributed by atoms with Crippen LogP contribution in [-0.2, 0) is 0 Å². The maximum atomic E-state index is 8.99. The highest BCUT2D eigenvalue weighted by atomic mass is 15.1. The van der Waals surface area contributed by atoms with E-state index in [2.05, 4.69) is 30.3 Å². The summed E-state index contributed by atoms with van der Waals surface area (Å²) < 4.78 is 0. The van der Waals surface area contributed by atoms with Gasteiger partial charge in [0.2, 0.25) is 0 Å². The topological polar surface area (TPSA) is 39.1 Å². The number of unbranched alkanes of at least 4 members (excludes halogenated alkanes) is 2. The van der Waals surface area contributed by atoms with E-state index in [-0.39, 0.29) is 5.54 Å². The van der Waals surface area contributed by atoms with E-state index in [4.69, 9.17) is 5.26 Å². The average molecular weight is 225 g/mol. The van der Waals surface area contributed by atoms with Crippen molar-refractivity contribution in [2.75, 3.05) is 27.2 Å². The summed E-state index contributed by atoms with van der Waals surface area (Å²) >= 11 is 0. The zero-order valence-corrected chi connectivity index (χ0v) is 11.3. The molecule has 0 fully saturated rings. The number of nitrogens with one attached hydrogen (secondary N) is 1. The Bertz CT molecular complexity index is 210. The molecule has 3 nitrogen and oxygen atoms in total. The fraction of sp³-hybridized carbons (Fsp3) is 0.923. The standard InChI is InChI=1S/C13H27N3/c1-5-6-10-16(4)11-8-7-9-13(2,12-14)15-3/h15H,5-11H2,1-4H3. The van der Waals surface area contributed by atoms with Gasteiger partial charge < -0.3 is 10.2 Å². The van der Waals surface area contributed by atoms with Gasteiger partial charge in [0, 0.05) is 0 Å². The Hall–Kier alpha value is -0.590. The van der Waals surface area contributed by atoms with Gasteiger partial charge in [-0.05, 0) is 59.8 Å². The minimum absolute atomic E-state index is 0.345. The fourth-order valence-electron chi connectivity index (χ4n) is 1.64. The van der Waals surface area contributed by atoms with Gasteiger partial charge in [-0.25, -0.2) is 0 Å². The summed E-state index contributed by atoms with van der Waals surface area (Å²) in [7, 11) is 4.04. The van der Waals surface area contributed by atoms with Crippen LogP contribution in [0.1, 0.15) is 46.0 Å². The Balaban J connectivity index is 3.56. The lowest BCUT2D eigenvalue weighted by atomic mass is 9.97. The van der Waals surface area contributed by atoms with Gasteiger partial charge in [-0.3, -0.25) is 0 Å². The van der Waals surface area contributed by atoms with Gasteiger partial charge in [0.15, 0.2) is 0 Å². The molecule has 0 amide bonds. The summed E-state index contributed by atoms with van der Waals surface area (Å²) in [5.41, 5.74) is -0.345. The molecular formula is C13H27N3. The van der Waals surface area contributed by atoms with Crippen molar-refractivity contribution in [3.8, 4) is 6.07 Å². The molecule has 0 saturated carbocycles. The molecule has 0 heterocycles. The fourth-order valence-corrected chi connectivity index (χ4v) is 1.64. The number of hydrogen-bond acceptors (Lipinski definition) is 3. The van der Waals surface area contributed by atoms with Crippen LogP contribution in [0.4, 0.5) is 0 Å². The molecule has 0 aromatic rings. The van der Waals surface area contributed by atoms with Crippen LogP contribution in [0.3, 0.4) is 0 Å². The molecule has 0 radical (unpaired) electrons. The summed E-state index contributed by atoms with van der Waals surface area (Å²) in [6.45, 7) is 6.52. The minimum atomic E-state index is -0.345. The summed E-state index contributed by atoms with van der Waals surface area (Å²) in [5, 5.41) is 12.1. The van der Waals surface area contributed by atoms with Crippen molar-refractivity contribution < 1.29 is 0 Å². The van der Waals surface area contributed by atoms with E-state index >= 15 is 0 Å². The Morgan fingerprint density at radius 1 is 1.25 bits per heavy atom. The van der Waals surface area contributed by atoms with Crippen LogP contribution in [0.25, 0.3) is 0 Å². The van der Waals surface area contributed by atoms with Crippen molar-refractivity contribution in [3.63, 3.8) is 0 Å². The van der Waals surface area contributed by atoms with Gasteiger partial charge in [0.05, 0.1) is 6.07 Å². The SMILES string of the molecule is CCCCN(C)CCCCC(C)(C#N)NC. The normalized spacial score (nSPS) is 14.8. The lowest BCUT2D eigenvalue weighted by Gasteiger charge is -2.21. The molecule has 0 rings (SSSR count). The van der Waals surface area contributed by atoms with Crippen molar-refractivity contribution in [2.24, 2.45) is 0 Å². The molecule has 3 heteroatoms. The van der Waals surface area contributed by atoms with Gasteiger partial charge in [-0.1, -0.05) is 13.3 Å². The molecule has 0 aromatic carbocycles. The van der Waals surface area contributed by atoms with Crippen molar-refractivity contribution in [1.29, 1.82) is 5.26 Å². The maximum Gasteiger partial charge on any atom is 0.103 e. The van der Waals surface area contributed by atoms with Crippen LogP contribution in [0.15, 0.2) is 0 Å². The first-order valence-electron chi connectivity index (χ1n) is 6.36. The van der Waals surface area contributed by atoms with E-state index in [1.165, 1.54) is 25.8 Å². The molecule has 1 unspecified atom stereocenters. The summed E-state index contributed by atoms with van der Waals surface area (Å²) in [4.78, 5) is 2.38. The Labute approximate surface area is 101 Å². The average Bonchev–Trinajstić information content (AvgIpc) is 2.31. The zero-order valence-electron chi connectivity index (χ0n) is 11.3. The third-order valence-corrected chi connectivity index (χ3v) is 3.16. The van der Waals surface area contributed by atoms with E-state index in [1.807, 2.05) is 14.0 Å². The molecule has 16 heavy (non-hydrogen) atoms. The lowest BCUT2D eigenvalue weighted by molar-refractivity contribution is 0.311. The van der Waals surface area contributed by atoms with Crippen LogP contribution >= 0.6 is 0 Å². The second-order valence-corrected chi connectivity index (χ2v) is 4.81. The molecule has 0 aliphatic heterocycles. The smallest absolute Gasteiger partial charge is 0.103 e. The van der Waals surface area contributed by atoms with Gasteiger partial charge in [-0.2, -0.15) is 5.26 Å². The van der Waals surface area contributed by atoms with E-state index < -0.39 is 0 Å². The van der Waals surface area contributed by atoms with Gasteiger partial charge >= 0.3 is 0 Å². The molecule has 0 aliphatic carbocycles. The first-order chi connectivity index (χ1) is 7.58. The Morgan fingerprint density at radius 3 is 2.38 bits per heavy atom. The first kappa shape index (κ1) is 15.4. The third kappa shape index (κ3) is 6.81. The maximum absolute atomic E-state index is 8.99. The monoisotopic (exact) mass is 225 g/mol. The highest BCUT2D eigenvalue weighted by Gasteiger charge is 2.19. The second-order valence-electron chi connectivity index (χ2n) is 4.81. The molecule has 0 aromatic heterocycles. The number of rotatable bonds is 9. The lowest BCUT2D eigenvalue weighted by Crippen LogP contribution is -2.38. The highest BCUT2D eigenvalue weighted by Crippen LogP contribution is 2.12.